The summed E-state index contributed by atoms with van der Waals surface area (Å²) in [6.07, 6.45) is -0.478. The zero-order valence-electron chi connectivity index (χ0n) is 22.7. The number of aliphatic hydroxyl groups excluding tert-OH is 1. The first-order valence-corrected chi connectivity index (χ1v) is 13.2. The Morgan fingerprint density at radius 3 is 2.21 bits per heavy atom. The van der Waals surface area contributed by atoms with Crippen LogP contribution in [0.5, 0.6) is 5.75 Å². The highest BCUT2D eigenvalue weighted by atomic mass is 16.3. The van der Waals surface area contributed by atoms with Gasteiger partial charge >= 0.3 is 0 Å². The molecule has 1 aliphatic rings. The summed E-state index contributed by atoms with van der Waals surface area (Å²) < 4.78 is 0. The van der Waals surface area contributed by atoms with E-state index in [-0.39, 0.29) is 23.7 Å². The van der Waals surface area contributed by atoms with Gasteiger partial charge in [0.2, 0.25) is 17.7 Å². The van der Waals surface area contributed by atoms with Crippen LogP contribution in [0.25, 0.3) is 0 Å². The largest absolute Gasteiger partial charge is 0.507 e. The number of phenolic OH excluding ortho intramolecular Hbond substituents is 1. The van der Waals surface area contributed by atoms with Crippen molar-refractivity contribution in [1.82, 2.24) is 21.3 Å². The molecule has 3 rings (SSSR count). The van der Waals surface area contributed by atoms with E-state index in [1.165, 1.54) is 12.1 Å². The van der Waals surface area contributed by atoms with Crippen molar-refractivity contribution in [3.8, 4) is 5.75 Å². The normalized spacial score (nSPS) is 27.2. The van der Waals surface area contributed by atoms with Crippen molar-refractivity contribution in [2.75, 3.05) is 0 Å². The highest BCUT2D eigenvalue weighted by molar-refractivity contribution is 6.00. The molecule has 10 nitrogen and oxygen atoms in total. The number of hydrogen-bond acceptors (Lipinski definition) is 6. The minimum Gasteiger partial charge on any atom is -0.507 e. The van der Waals surface area contributed by atoms with E-state index in [2.05, 4.69) is 21.3 Å². The number of rotatable bonds is 6. The number of aliphatic hydroxyl groups is 1. The number of nitrogens with one attached hydrogen (secondary N) is 4. The molecule has 6 N–H and O–H groups in total. The minimum atomic E-state index is -1.29. The van der Waals surface area contributed by atoms with Gasteiger partial charge in [0.25, 0.3) is 5.91 Å². The second kappa shape index (κ2) is 13.2. The van der Waals surface area contributed by atoms with Gasteiger partial charge in [0.15, 0.2) is 0 Å². The van der Waals surface area contributed by atoms with Crippen molar-refractivity contribution in [3.05, 3.63) is 65.7 Å². The molecule has 0 bridgehead atoms. The molecule has 0 aliphatic carbocycles. The van der Waals surface area contributed by atoms with E-state index < -0.39 is 59.8 Å². The number of carbonyl (C=O) groups excluding carboxylic acids is 4. The van der Waals surface area contributed by atoms with Gasteiger partial charge in [-0.25, -0.2) is 0 Å². The maximum Gasteiger partial charge on any atom is 0.255 e. The third kappa shape index (κ3) is 7.35. The van der Waals surface area contributed by atoms with Crippen molar-refractivity contribution < 1.29 is 29.4 Å². The summed E-state index contributed by atoms with van der Waals surface area (Å²) in [6.45, 7) is 6.83. The third-order valence-electron chi connectivity index (χ3n) is 7.35. The van der Waals surface area contributed by atoms with Crippen molar-refractivity contribution in [2.45, 2.75) is 70.8 Å². The molecule has 0 spiro atoms. The molecule has 2 aromatic carbocycles. The molecule has 4 amide bonds. The number of amides is 4. The molecule has 7 unspecified atom stereocenters. The molecule has 39 heavy (non-hydrogen) atoms. The molecule has 0 aromatic heterocycles. The van der Waals surface area contributed by atoms with E-state index in [0.29, 0.717) is 6.42 Å². The molecule has 10 heteroatoms. The number of aromatic hydroxyl groups is 1. The lowest BCUT2D eigenvalue weighted by molar-refractivity contribution is -0.137. The Bertz CT molecular complexity index is 1170. The summed E-state index contributed by atoms with van der Waals surface area (Å²) in [6, 6.07) is 11.2. The first-order chi connectivity index (χ1) is 18.5. The van der Waals surface area contributed by atoms with E-state index >= 15 is 0 Å². The maximum atomic E-state index is 13.7. The Hall–Kier alpha value is -3.92. The highest BCUT2D eigenvalue weighted by Crippen LogP contribution is 2.18. The van der Waals surface area contributed by atoms with Crippen LogP contribution in [0, 0.1) is 11.8 Å². The monoisotopic (exact) mass is 538 g/mol. The van der Waals surface area contributed by atoms with Crippen LogP contribution in [0.2, 0.25) is 0 Å². The zero-order chi connectivity index (χ0) is 28.7. The Kier molecular flexibility index (Phi) is 10.1. The van der Waals surface area contributed by atoms with Crippen molar-refractivity contribution in [1.29, 1.82) is 0 Å². The minimum absolute atomic E-state index is 0.0332. The van der Waals surface area contributed by atoms with Gasteiger partial charge in [-0.3, -0.25) is 19.2 Å². The van der Waals surface area contributed by atoms with Crippen LogP contribution >= 0.6 is 0 Å². The fourth-order valence-electron chi connectivity index (χ4n) is 4.59. The first kappa shape index (κ1) is 29.6. The number of para-hydroxylation sites is 1. The van der Waals surface area contributed by atoms with Crippen LogP contribution in [0.3, 0.4) is 0 Å². The second-order valence-electron chi connectivity index (χ2n) is 10.2. The predicted octanol–water partition coefficient (Wildman–Crippen LogP) is 1.26. The van der Waals surface area contributed by atoms with Gasteiger partial charge in [-0.15, -0.1) is 0 Å². The summed E-state index contributed by atoms with van der Waals surface area (Å²) >= 11 is 0. The van der Waals surface area contributed by atoms with Gasteiger partial charge in [-0.1, -0.05) is 69.7 Å². The molecule has 1 saturated heterocycles. The van der Waals surface area contributed by atoms with E-state index in [9.17, 15) is 29.4 Å². The number of carbonyl (C=O) groups is 4. The van der Waals surface area contributed by atoms with Crippen LogP contribution in [-0.2, 0) is 20.8 Å². The molecule has 1 aliphatic heterocycles. The predicted molar refractivity (Wildman–Crippen MR) is 146 cm³/mol. The molecular weight excluding hydrogens is 500 g/mol. The first-order valence-electron chi connectivity index (χ1n) is 13.2. The molecule has 210 valence electrons. The Morgan fingerprint density at radius 2 is 1.56 bits per heavy atom. The van der Waals surface area contributed by atoms with Gasteiger partial charge < -0.3 is 31.5 Å². The van der Waals surface area contributed by atoms with E-state index in [0.717, 1.165) is 5.56 Å². The maximum absolute atomic E-state index is 13.7. The van der Waals surface area contributed by atoms with Gasteiger partial charge in [0.1, 0.15) is 17.8 Å². The van der Waals surface area contributed by atoms with Crippen LogP contribution in [-0.4, -0.2) is 64.1 Å². The SMILES string of the molecule is CCC(C)C1NC(=O)C(C)C(O)C(Cc2ccccc2)NC(=O)C(NC(=O)c2ccccc2O)C(C)NC1=O. The molecular formula is C29H38N4O6. The Labute approximate surface area is 228 Å². The summed E-state index contributed by atoms with van der Waals surface area (Å²) in [5.41, 5.74) is 0.796. The lowest BCUT2D eigenvalue weighted by Gasteiger charge is -2.35. The van der Waals surface area contributed by atoms with Crippen molar-refractivity contribution in [2.24, 2.45) is 11.8 Å². The third-order valence-corrected chi connectivity index (χ3v) is 7.35. The number of hydrogen-bond donors (Lipinski definition) is 6. The number of benzene rings is 2. The van der Waals surface area contributed by atoms with Crippen LogP contribution in [0.4, 0.5) is 0 Å². The van der Waals surface area contributed by atoms with Crippen molar-refractivity contribution >= 4 is 23.6 Å². The smallest absolute Gasteiger partial charge is 0.255 e. The molecule has 1 heterocycles. The quantitative estimate of drug-likeness (QED) is 0.325. The van der Waals surface area contributed by atoms with E-state index in [1.54, 1.807) is 26.0 Å². The van der Waals surface area contributed by atoms with Gasteiger partial charge in [-0.2, -0.15) is 0 Å². The fraction of sp³-hybridized carbons (Fsp3) is 0.448. The van der Waals surface area contributed by atoms with Gasteiger partial charge in [0.05, 0.1) is 29.7 Å². The molecule has 0 radical (unpaired) electrons. The number of phenols is 1. The van der Waals surface area contributed by atoms with E-state index in [4.69, 9.17) is 0 Å². The lowest BCUT2D eigenvalue weighted by atomic mass is 9.90. The van der Waals surface area contributed by atoms with Crippen LogP contribution in [0.1, 0.15) is 50.0 Å². The Morgan fingerprint density at radius 1 is 0.923 bits per heavy atom. The Balaban J connectivity index is 2.00. The molecule has 0 saturated carbocycles. The molecule has 1 fully saturated rings. The summed E-state index contributed by atoms with van der Waals surface area (Å²) in [5, 5.41) is 32.4. The van der Waals surface area contributed by atoms with Crippen LogP contribution in [0.15, 0.2) is 54.6 Å². The van der Waals surface area contributed by atoms with Gasteiger partial charge in [-0.05, 0) is 37.0 Å². The summed E-state index contributed by atoms with van der Waals surface area (Å²) in [7, 11) is 0. The highest BCUT2D eigenvalue weighted by Gasteiger charge is 2.39. The van der Waals surface area contributed by atoms with Gasteiger partial charge in [0, 0.05) is 0 Å². The van der Waals surface area contributed by atoms with E-state index in [1.807, 2.05) is 44.2 Å². The molecule has 7 atom stereocenters. The average molecular weight is 539 g/mol. The second-order valence-corrected chi connectivity index (χ2v) is 10.2. The fourth-order valence-corrected chi connectivity index (χ4v) is 4.59. The molecule has 2 aromatic rings. The average Bonchev–Trinajstić information content (AvgIpc) is 2.92. The van der Waals surface area contributed by atoms with Crippen molar-refractivity contribution in [3.63, 3.8) is 0 Å². The standard InChI is InChI=1S/C29H38N4O6/c1-5-16(2)23-28(38)30-18(4)24(33-27(37)20-13-9-10-14-22(20)34)29(39)31-21(15-19-11-7-6-8-12-19)25(35)17(3)26(36)32-23/h6-14,16-18,21,23-25,34-35H,5,15H2,1-4H3,(H,30,38)(H,31,39)(H,32,36)(H,33,37). The summed E-state index contributed by atoms with van der Waals surface area (Å²) in [5.74, 6) is -3.83. The lowest BCUT2D eigenvalue weighted by Crippen LogP contribution is -2.64. The zero-order valence-corrected chi connectivity index (χ0v) is 22.7. The van der Waals surface area contributed by atoms with Crippen LogP contribution < -0.4 is 21.3 Å². The topological polar surface area (TPSA) is 157 Å². The summed E-state index contributed by atoms with van der Waals surface area (Å²) in [4.78, 5) is 53.1.